The monoisotopic (exact) mass is 310 g/mol. The van der Waals surface area contributed by atoms with Crippen LogP contribution < -0.4 is 4.74 Å². The second-order valence-corrected chi connectivity index (χ2v) is 5.77. The molecule has 1 saturated heterocycles. The molecule has 1 aromatic carbocycles. The highest BCUT2D eigenvalue weighted by atomic mass is 16.5. The first-order valence-electron chi connectivity index (χ1n) is 7.83. The van der Waals surface area contributed by atoms with Crippen LogP contribution in [0.25, 0.3) is 10.9 Å². The standard InChI is InChI=1S/C17H18N4O2/c22-17(15-5-9-19-20-15)21-10-6-12(7-11-21)23-16-3-1-2-14-13(16)4-8-18-14/h1-5,8-9,12,18H,6-7,10-11H2,(H,19,20). The van der Waals surface area contributed by atoms with E-state index in [4.69, 9.17) is 4.74 Å². The summed E-state index contributed by atoms with van der Waals surface area (Å²) < 4.78 is 6.17. The zero-order valence-electron chi connectivity index (χ0n) is 12.7. The van der Waals surface area contributed by atoms with Gasteiger partial charge in [-0.1, -0.05) is 6.07 Å². The molecule has 1 aliphatic heterocycles. The maximum Gasteiger partial charge on any atom is 0.271 e. The van der Waals surface area contributed by atoms with Gasteiger partial charge in [-0.15, -0.1) is 0 Å². The molecule has 4 rings (SSSR count). The third-order valence-corrected chi connectivity index (χ3v) is 4.31. The van der Waals surface area contributed by atoms with Gasteiger partial charge in [0.2, 0.25) is 0 Å². The van der Waals surface area contributed by atoms with E-state index in [1.165, 1.54) is 0 Å². The molecule has 1 amide bonds. The predicted octanol–water partition coefficient (Wildman–Crippen LogP) is 2.57. The van der Waals surface area contributed by atoms with Crippen LogP contribution in [0, 0.1) is 0 Å². The van der Waals surface area contributed by atoms with Gasteiger partial charge in [0.25, 0.3) is 5.91 Å². The molecule has 1 aliphatic rings. The summed E-state index contributed by atoms with van der Waals surface area (Å²) in [4.78, 5) is 17.3. The number of amides is 1. The van der Waals surface area contributed by atoms with Crippen LogP contribution in [0.15, 0.2) is 42.7 Å². The highest BCUT2D eigenvalue weighted by molar-refractivity contribution is 5.92. The van der Waals surface area contributed by atoms with Crippen molar-refractivity contribution in [3.8, 4) is 5.75 Å². The fourth-order valence-corrected chi connectivity index (χ4v) is 3.06. The fraction of sp³-hybridized carbons (Fsp3) is 0.294. The van der Waals surface area contributed by atoms with E-state index < -0.39 is 0 Å². The first kappa shape index (κ1) is 13.9. The molecule has 6 nitrogen and oxygen atoms in total. The zero-order chi connectivity index (χ0) is 15.6. The first-order chi connectivity index (χ1) is 11.3. The molecular formula is C17H18N4O2. The van der Waals surface area contributed by atoms with Gasteiger partial charge >= 0.3 is 0 Å². The topological polar surface area (TPSA) is 74.0 Å². The van der Waals surface area contributed by atoms with Gasteiger partial charge in [-0.3, -0.25) is 9.89 Å². The van der Waals surface area contributed by atoms with E-state index >= 15 is 0 Å². The molecule has 0 saturated carbocycles. The van der Waals surface area contributed by atoms with E-state index in [1.54, 1.807) is 12.3 Å². The number of piperidine rings is 1. The number of nitrogens with zero attached hydrogens (tertiary/aromatic N) is 2. The summed E-state index contributed by atoms with van der Waals surface area (Å²) in [6.45, 7) is 1.40. The van der Waals surface area contributed by atoms with Crippen molar-refractivity contribution < 1.29 is 9.53 Å². The van der Waals surface area contributed by atoms with Gasteiger partial charge in [0, 0.05) is 49.2 Å². The van der Waals surface area contributed by atoms with Gasteiger partial charge in [-0.2, -0.15) is 5.10 Å². The molecule has 3 aromatic rings. The largest absolute Gasteiger partial charge is 0.490 e. The molecule has 23 heavy (non-hydrogen) atoms. The van der Waals surface area contributed by atoms with Crippen LogP contribution in [0.5, 0.6) is 5.75 Å². The number of nitrogens with one attached hydrogen (secondary N) is 2. The number of carbonyl (C=O) groups excluding carboxylic acids is 1. The Hall–Kier alpha value is -2.76. The Labute approximate surface area is 133 Å². The summed E-state index contributed by atoms with van der Waals surface area (Å²) in [7, 11) is 0. The second kappa shape index (κ2) is 5.79. The lowest BCUT2D eigenvalue weighted by Crippen LogP contribution is -2.41. The number of H-pyrrole nitrogens is 2. The molecule has 118 valence electrons. The van der Waals surface area contributed by atoms with Crippen molar-refractivity contribution in [2.75, 3.05) is 13.1 Å². The summed E-state index contributed by atoms with van der Waals surface area (Å²) in [5.41, 5.74) is 1.62. The van der Waals surface area contributed by atoms with Crippen LogP contribution in [0.2, 0.25) is 0 Å². The Morgan fingerprint density at radius 3 is 2.87 bits per heavy atom. The van der Waals surface area contributed by atoms with Crippen molar-refractivity contribution in [3.63, 3.8) is 0 Å². The number of benzene rings is 1. The highest BCUT2D eigenvalue weighted by Crippen LogP contribution is 2.27. The van der Waals surface area contributed by atoms with E-state index in [0.29, 0.717) is 18.8 Å². The van der Waals surface area contributed by atoms with E-state index in [2.05, 4.69) is 15.2 Å². The van der Waals surface area contributed by atoms with Crippen LogP contribution >= 0.6 is 0 Å². The smallest absolute Gasteiger partial charge is 0.271 e. The van der Waals surface area contributed by atoms with Gasteiger partial charge in [0.1, 0.15) is 17.5 Å². The number of rotatable bonds is 3. The quantitative estimate of drug-likeness (QED) is 0.781. The van der Waals surface area contributed by atoms with Crippen molar-refractivity contribution in [1.29, 1.82) is 0 Å². The lowest BCUT2D eigenvalue weighted by atomic mass is 10.1. The Kier molecular flexibility index (Phi) is 3.49. The predicted molar refractivity (Wildman–Crippen MR) is 86.4 cm³/mol. The summed E-state index contributed by atoms with van der Waals surface area (Å²) in [5, 5.41) is 7.66. The maximum absolute atomic E-state index is 12.3. The van der Waals surface area contributed by atoms with Crippen molar-refractivity contribution in [3.05, 3.63) is 48.4 Å². The molecule has 0 bridgehead atoms. The molecule has 3 heterocycles. The Bertz CT molecular complexity index is 801. The molecule has 2 N–H and O–H groups in total. The fourth-order valence-electron chi connectivity index (χ4n) is 3.06. The summed E-state index contributed by atoms with van der Waals surface area (Å²) >= 11 is 0. The number of carbonyl (C=O) groups is 1. The van der Waals surface area contributed by atoms with E-state index in [-0.39, 0.29) is 12.0 Å². The number of likely N-dealkylation sites (tertiary alicyclic amines) is 1. The Morgan fingerprint density at radius 2 is 2.09 bits per heavy atom. The van der Waals surface area contributed by atoms with Crippen LogP contribution in [-0.2, 0) is 0 Å². The Balaban J connectivity index is 1.40. The second-order valence-electron chi connectivity index (χ2n) is 5.77. The molecule has 0 aliphatic carbocycles. The molecule has 2 aromatic heterocycles. The minimum atomic E-state index is 0.00804. The van der Waals surface area contributed by atoms with Crippen LogP contribution in [0.1, 0.15) is 23.3 Å². The van der Waals surface area contributed by atoms with Crippen LogP contribution in [0.4, 0.5) is 0 Å². The molecule has 0 spiro atoms. The third kappa shape index (κ3) is 2.67. The number of fused-ring (bicyclic) bond motifs is 1. The van der Waals surface area contributed by atoms with Gasteiger partial charge < -0.3 is 14.6 Å². The minimum absolute atomic E-state index is 0.00804. The van der Waals surface area contributed by atoms with Gasteiger partial charge in [-0.25, -0.2) is 0 Å². The number of hydrogen-bond donors (Lipinski definition) is 2. The van der Waals surface area contributed by atoms with Crippen molar-refractivity contribution >= 4 is 16.8 Å². The summed E-state index contributed by atoms with van der Waals surface area (Å²) in [6, 6.07) is 9.76. The average Bonchev–Trinajstić information content (AvgIpc) is 3.27. The zero-order valence-corrected chi connectivity index (χ0v) is 12.7. The van der Waals surface area contributed by atoms with Crippen molar-refractivity contribution in [2.45, 2.75) is 18.9 Å². The minimum Gasteiger partial charge on any atom is -0.490 e. The lowest BCUT2D eigenvalue weighted by molar-refractivity contribution is 0.0592. The molecule has 6 heteroatoms. The van der Waals surface area contributed by atoms with E-state index in [9.17, 15) is 4.79 Å². The SMILES string of the molecule is O=C(c1ccn[nH]1)N1CCC(Oc2cccc3[nH]ccc23)CC1. The van der Waals surface area contributed by atoms with E-state index in [0.717, 1.165) is 29.5 Å². The third-order valence-electron chi connectivity index (χ3n) is 4.31. The molecule has 0 radical (unpaired) electrons. The average molecular weight is 310 g/mol. The molecular weight excluding hydrogens is 292 g/mol. The maximum atomic E-state index is 12.3. The normalized spacial score (nSPS) is 15.9. The molecule has 1 fully saturated rings. The summed E-state index contributed by atoms with van der Waals surface area (Å²) in [5.74, 6) is 0.913. The molecule has 0 unspecified atom stereocenters. The highest BCUT2D eigenvalue weighted by Gasteiger charge is 2.25. The van der Waals surface area contributed by atoms with Gasteiger partial charge in [0.15, 0.2) is 0 Å². The van der Waals surface area contributed by atoms with Gasteiger partial charge in [-0.05, 0) is 24.3 Å². The summed E-state index contributed by atoms with van der Waals surface area (Å²) in [6.07, 6.45) is 5.33. The van der Waals surface area contributed by atoms with Crippen LogP contribution in [0.3, 0.4) is 0 Å². The molecule has 0 atom stereocenters. The lowest BCUT2D eigenvalue weighted by Gasteiger charge is -2.32. The van der Waals surface area contributed by atoms with Crippen molar-refractivity contribution in [1.82, 2.24) is 20.1 Å². The number of hydrogen-bond acceptors (Lipinski definition) is 3. The number of aromatic amines is 2. The van der Waals surface area contributed by atoms with Gasteiger partial charge in [0.05, 0.1) is 0 Å². The number of ether oxygens (including phenoxy) is 1. The Morgan fingerprint density at radius 1 is 1.22 bits per heavy atom. The number of aromatic nitrogens is 3. The van der Waals surface area contributed by atoms with Crippen LogP contribution in [-0.4, -0.2) is 45.2 Å². The first-order valence-corrected chi connectivity index (χ1v) is 7.83. The van der Waals surface area contributed by atoms with Crippen molar-refractivity contribution in [2.24, 2.45) is 0 Å². The van der Waals surface area contributed by atoms with E-state index in [1.807, 2.05) is 35.4 Å².